The summed E-state index contributed by atoms with van der Waals surface area (Å²) >= 11 is 0. The van der Waals surface area contributed by atoms with Gasteiger partial charge in [-0.05, 0) is 49.2 Å². The van der Waals surface area contributed by atoms with Crippen LogP contribution in [0.25, 0.3) is 0 Å². The van der Waals surface area contributed by atoms with Crippen LogP contribution in [0.4, 0.5) is 0 Å². The molecule has 0 saturated carbocycles. The molecule has 0 bridgehead atoms. The van der Waals surface area contributed by atoms with Crippen molar-refractivity contribution in [2.75, 3.05) is 7.11 Å². The Morgan fingerprint density at radius 3 is 2.60 bits per heavy atom. The van der Waals surface area contributed by atoms with Crippen molar-refractivity contribution >= 4 is 5.91 Å². The third-order valence-electron chi connectivity index (χ3n) is 3.22. The van der Waals surface area contributed by atoms with E-state index in [2.05, 4.69) is 10.3 Å². The molecule has 1 amide bonds. The number of carbonyl (C=O) groups is 1. The Hall–Kier alpha value is -2.36. The standard InChI is InChI=1S/C16H18N2O2/c1-11-4-5-14(10-15(11)20-3)16(19)18-12(2)13-6-8-17-9-7-13/h4-10,12H,1-3H3,(H,18,19)/t12-/m1/s1. The molecule has 20 heavy (non-hydrogen) atoms. The lowest BCUT2D eigenvalue weighted by Gasteiger charge is -2.15. The molecule has 1 heterocycles. The van der Waals surface area contributed by atoms with Gasteiger partial charge in [0, 0.05) is 18.0 Å². The van der Waals surface area contributed by atoms with Crippen LogP contribution in [0.15, 0.2) is 42.7 Å². The fourth-order valence-electron chi connectivity index (χ4n) is 1.98. The number of pyridine rings is 1. The zero-order valence-electron chi connectivity index (χ0n) is 11.9. The second kappa shape index (κ2) is 6.19. The average molecular weight is 270 g/mol. The topological polar surface area (TPSA) is 51.2 Å². The summed E-state index contributed by atoms with van der Waals surface area (Å²) in [5, 5.41) is 2.96. The molecule has 0 aliphatic carbocycles. The van der Waals surface area contributed by atoms with Crippen LogP contribution in [0.5, 0.6) is 5.75 Å². The van der Waals surface area contributed by atoms with Crippen molar-refractivity contribution in [2.45, 2.75) is 19.9 Å². The van der Waals surface area contributed by atoms with Crippen molar-refractivity contribution in [1.82, 2.24) is 10.3 Å². The van der Waals surface area contributed by atoms with Crippen molar-refractivity contribution < 1.29 is 9.53 Å². The van der Waals surface area contributed by atoms with Crippen LogP contribution >= 0.6 is 0 Å². The number of rotatable bonds is 4. The van der Waals surface area contributed by atoms with Crippen LogP contribution in [0.2, 0.25) is 0 Å². The lowest BCUT2D eigenvalue weighted by molar-refractivity contribution is 0.0939. The van der Waals surface area contributed by atoms with Gasteiger partial charge in [-0.1, -0.05) is 6.07 Å². The van der Waals surface area contributed by atoms with Crippen molar-refractivity contribution in [1.29, 1.82) is 0 Å². The smallest absolute Gasteiger partial charge is 0.251 e. The Morgan fingerprint density at radius 1 is 1.25 bits per heavy atom. The molecule has 2 aromatic rings. The Morgan fingerprint density at radius 2 is 1.95 bits per heavy atom. The van der Waals surface area contributed by atoms with Gasteiger partial charge < -0.3 is 10.1 Å². The quantitative estimate of drug-likeness (QED) is 0.929. The van der Waals surface area contributed by atoms with Gasteiger partial charge in [-0.2, -0.15) is 0 Å². The van der Waals surface area contributed by atoms with Crippen molar-refractivity contribution in [3.63, 3.8) is 0 Å². The molecule has 1 N–H and O–H groups in total. The molecule has 4 heteroatoms. The first-order valence-electron chi connectivity index (χ1n) is 6.47. The molecule has 0 radical (unpaired) electrons. The molecule has 0 spiro atoms. The van der Waals surface area contributed by atoms with Gasteiger partial charge in [0.1, 0.15) is 5.75 Å². The summed E-state index contributed by atoms with van der Waals surface area (Å²) in [5.74, 6) is 0.599. The number of aromatic nitrogens is 1. The summed E-state index contributed by atoms with van der Waals surface area (Å²) in [6.45, 7) is 3.89. The van der Waals surface area contributed by atoms with E-state index < -0.39 is 0 Å². The number of nitrogens with zero attached hydrogens (tertiary/aromatic N) is 1. The molecule has 2 rings (SSSR count). The third-order valence-corrected chi connectivity index (χ3v) is 3.22. The van der Waals surface area contributed by atoms with E-state index in [0.29, 0.717) is 11.3 Å². The third kappa shape index (κ3) is 3.15. The van der Waals surface area contributed by atoms with Crippen molar-refractivity contribution in [3.8, 4) is 5.75 Å². The first kappa shape index (κ1) is 14.1. The summed E-state index contributed by atoms with van der Waals surface area (Å²) in [6.07, 6.45) is 3.43. The van der Waals surface area contributed by atoms with Gasteiger partial charge in [0.2, 0.25) is 0 Å². The Labute approximate surface area is 118 Å². The van der Waals surface area contributed by atoms with Crippen LogP contribution in [-0.4, -0.2) is 18.0 Å². The Balaban J connectivity index is 2.12. The minimum atomic E-state index is -0.118. The molecule has 104 valence electrons. The SMILES string of the molecule is COc1cc(C(=O)N[C@H](C)c2ccncc2)ccc1C. The van der Waals surface area contributed by atoms with Gasteiger partial charge in [0.25, 0.3) is 5.91 Å². The molecule has 1 aromatic carbocycles. The van der Waals surface area contributed by atoms with Crippen molar-refractivity contribution in [3.05, 3.63) is 59.4 Å². The fraction of sp³-hybridized carbons (Fsp3) is 0.250. The summed E-state index contributed by atoms with van der Waals surface area (Å²) in [6, 6.07) is 9.14. The van der Waals surface area contributed by atoms with Gasteiger partial charge >= 0.3 is 0 Å². The fourth-order valence-corrected chi connectivity index (χ4v) is 1.98. The predicted octanol–water partition coefficient (Wildman–Crippen LogP) is 2.89. The molecule has 1 atom stereocenters. The number of amides is 1. The lowest BCUT2D eigenvalue weighted by Crippen LogP contribution is -2.26. The monoisotopic (exact) mass is 270 g/mol. The van der Waals surface area contributed by atoms with Crippen LogP contribution in [0.1, 0.15) is 34.5 Å². The minimum absolute atomic E-state index is 0.0715. The predicted molar refractivity (Wildman–Crippen MR) is 77.8 cm³/mol. The molecular weight excluding hydrogens is 252 g/mol. The first-order chi connectivity index (χ1) is 9.61. The normalized spacial score (nSPS) is 11.8. The van der Waals surface area contributed by atoms with Gasteiger partial charge in [-0.3, -0.25) is 9.78 Å². The van der Waals surface area contributed by atoms with E-state index in [1.165, 1.54) is 0 Å². The number of benzene rings is 1. The van der Waals surface area contributed by atoms with E-state index in [4.69, 9.17) is 4.74 Å². The summed E-state index contributed by atoms with van der Waals surface area (Å²) in [7, 11) is 1.60. The van der Waals surface area contributed by atoms with E-state index in [-0.39, 0.29) is 11.9 Å². The van der Waals surface area contributed by atoms with Gasteiger partial charge in [-0.25, -0.2) is 0 Å². The van der Waals surface area contributed by atoms with Gasteiger partial charge in [0.05, 0.1) is 13.2 Å². The van der Waals surface area contributed by atoms with Crippen LogP contribution < -0.4 is 10.1 Å². The zero-order valence-corrected chi connectivity index (χ0v) is 11.9. The number of nitrogens with one attached hydrogen (secondary N) is 1. The highest BCUT2D eigenvalue weighted by Gasteiger charge is 2.12. The summed E-state index contributed by atoms with van der Waals surface area (Å²) in [4.78, 5) is 16.2. The summed E-state index contributed by atoms with van der Waals surface area (Å²) < 4.78 is 5.24. The van der Waals surface area contributed by atoms with Crippen LogP contribution in [-0.2, 0) is 0 Å². The number of aryl methyl sites for hydroxylation is 1. The molecule has 0 unspecified atom stereocenters. The van der Waals surface area contributed by atoms with Gasteiger partial charge in [0.15, 0.2) is 0 Å². The number of hydrogen-bond donors (Lipinski definition) is 1. The number of carbonyl (C=O) groups excluding carboxylic acids is 1. The summed E-state index contributed by atoms with van der Waals surface area (Å²) in [5.41, 5.74) is 2.62. The molecule has 0 fully saturated rings. The second-order valence-corrected chi connectivity index (χ2v) is 4.66. The van der Waals surface area contributed by atoms with Gasteiger partial charge in [-0.15, -0.1) is 0 Å². The number of hydrogen-bond acceptors (Lipinski definition) is 3. The lowest BCUT2D eigenvalue weighted by atomic mass is 10.1. The second-order valence-electron chi connectivity index (χ2n) is 4.66. The maximum Gasteiger partial charge on any atom is 0.251 e. The maximum absolute atomic E-state index is 12.2. The highest BCUT2D eigenvalue weighted by atomic mass is 16.5. The zero-order chi connectivity index (χ0) is 14.5. The largest absolute Gasteiger partial charge is 0.496 e. The Bertz CT molecular complexity index is 597. The molecule has 0 aliphatic heterocycles. The first-order valence-corrected chi connectivity index (χ1v) is 6.47. The highest BCUT2D eigenvalue weighted by Crippen LogP contribution is 2.19. The highest BCUT2D eigenvalue weighted by molar-refractivity contribution is 5.95. The van der Waals surface area contributed by atoms with E-state index in [0.717, 1.165) is 11.1 Å². The maximum atomic E-state index is 12.2. The van der Waals surface area contributed by atoms with Crippen molar-refractivity contribution in [2.24, 2.45) is 0 Å². The van der Waals surface area contributed by atoms with Crippen LogP contribution in [0, 0.1) is 6.92 Å². The van der Waals surface area contributed by atoms with E-state index >= 15 is 0 Å². The minimum Gasteiger partial charge on any atom is -0.496 e. The molecule has 0 saturated heterocycles. The molecular formula is C16H18N2O2. The molecule has 4 nitrogen and oxygen atoms in total. The molecule has 0 aliphatic rings. The number of ether oxygens (including phenoxy) is 1. The van der Waals surface area contributed by atoms with E-state index in [1.54, 1.807) is 31.6 Å². The van der Waals surface area contributed by atoms with Crippen LogP contribution in [0.3, 0.4) is 0 Å². The van der Waals surface area contributed by atoms with E-state index in [9.17, 15) is 4.79 Å². The average Bonchev–Trinajstić information content (AvgIpc) is 2.48. The Kier molecular flexibility index (Phi) is 4.35. The molecule has 1 aromatic heterocycles. The van der Waals surface area contributed by atoms with E-state index in [1.807, 2.05) is 32.0 Å². The number of methoxy groups -OCH3 is 1.